The molecule has 1 fully saturated rings. The minimum Gasteiger partial charge on any atom is -0.508 e. The molecule has 7 nitrogen and oxygen atoms in total. The summed E-state index contributed by atoms with van der Waals surface area (Å²) in [6.45, 7) is 5.80. The number of nitrogens with zero attached hydrogens (tertiary/aromatic N) is 2. The Hall–Kier alpha value is -2.20. The van der Waals surface area contributed by atoms with Crippen molar-refractivity contribution < 1.29 is 9.90 Å². The maximum atomic E-state index is 12.1. The molecule has 1 atom stereocenters. The summed E-state index contributed by atoms with van der Waals surface area (Å²) in [5.41, 5.74) is 1.59. The van der Waals surface area contributed by atoms with Gasteiger partial charge in [-0.2, -0.15) is 0 Å². The first kappa shape index (κ1) is 26.1. The average molecular weight is 572 g/mol. The second kappa shape index (κ2) is 13.4. The molecule has 2 aromatic rings. The number of phenols is 1. The van der Waals surface area contributed by atoms with E-state index in [0.29, 0.717) is 24.7 Å². The molecular weight excluding hydrogens is 541 g/mol. The van der Waals surface area contributed by atoms with Crippen molar-refractivity contribution in [3.05, 3.63) is 59.1 Å². The second-order valence-electron chi connectivity index (χ2n) is 7.48. The van der Waals surface area contributed by atoms with E-state index in [9.17, 15) is 9.90 Å². The summed E-state index contributed by atoms with van der Waals surface area (Å²) in [5.74, 6) is 0.677. The SMILES string of the molecule is CCNC(=NCCCNC(=O)c1cccc(O)c1)NC1CCN(c2cccc(Cl)c2)C1.I. The number of rotatable bonds is 8. The molecule has 0 aliphatic carbocycles. The van der Waals surface area contributed by atoms with E-state index in [1.165, 1.54) is 6.07 Å². The lowest BCUT2D eigenvalue weighted by Crippen LogP contribution is -2.44. The molecule has 0 saturated carbocycles. The summed E-state index contributed by atoms with van der Waals surface area (Å²) in [6.07, 6.45) is 1.75. The summed E-state index contributed by atoms with van der Waals surface area (Å²) >= 11 is 6.12. The van der Waals surface area contributed by atoms with Gasteiger partial charge in [-0.1, -0.05) is 23.7 Å². The third kappa shape index (κ3) is 8.05. The minimum atomic E-state index is -0.197. The number of aromatic hydroxyl groups is 1. The Bertz CT molecular complexity index is 911. The highest BCUT2D eigenvalue weighted by Crippen LogP contribution is 2.23. The number of anilines is 1. The average Bonchev–Trinajstić information content (AvgIpc) is 3.22. The van der Waals surface area contributed by atoms with E-state index in [1.54, 1.807) is 18.2 Å². The number of phenolic OH excluding ortho intramolecular Hbond substituents is 1. The number of carbonyl (C=O) groups is 1. The monoisotopic (exact) mass is 571 g/mol. The van der Waals surface area contributed by atoms with Crippen LogP contribution in [0.25, 0.3) is 0 Å². The second-order valence-corrected chi connectivity index (χ2v) is 7.91. The maximum absolute atomic E-state index is 12.1. The van der Waals surface area contributed by atoms with Gasteiger partial charge in [-0.3, -0.25) is 9.79 Å². The lowest BCUT2D eigenvalue weighted by atomic mass is 10.2. The van der Waals surface area contributed by atoms with Gasteiger partial charge in [0.25, 0.3) is 5.91 Å². The number of carbonyl (C=O) groups excluding carboxylic acids is 1. The fourth-order valence-corrected chi connectivity index (χ4v) is 3.70. The number of nitrogens with one attached hydrogen (secondary N) is 3. The van der Waals surface area contributed by atoms with Gasteiger partial charge >= 0.3 is 0 Å². The van der Waals surface area contributed by atoms with Crippen molar-refractivity contribution in [2.75, 3.05) is 37.6 Å². The van der Waals surface area contributed by atoms with E-state index < -0.39 is 0 Å². The van der Waals surface area contributed by atoms with Gasteiger partial charge in [0.05, 0.1) is 0 Å². The van der Waals surface area contributed by atoms with Crippen molar-refractivity contribution in [2.45, 2.75) is 25.8 Å². The van der Waals surface area contributed by atoms with E-state index in [1.807, 2.05) is 25.1 Å². The molecule has 0 radical (unpaired) electrons. The van der Waals surface area contributed by atoms with Crippen LogP contribution in [0.4, 0.5) is 5.69 Å². The van der Waals surface area contributed by atoms with Crippen molar-refractivity contribution in [1.82, 2.24) is 16.0 Å². The predicted molar refractivity (Wildman–Crippen MR) is 142 cm³/mol. The zero-order valence-electron chi connectivity index (χ0n) is 18.2. The van der Waals surface area contributed by atoms with Gasteiger partial charge < -0.3 is 26.0 Å². The first-order valence-electron chi connectivity index (χ1n) is 10.7. The number of halogens is 2. The van der Waals surface area contributed by atoms with E-state index in [-0.39, 0.29) is 35.6 Å². The number of hydrogen-bond donors (Lipinski definition) is 4. The molecule has 2 aromatic carbocycles. The molecule has 174 valence electrons. The third-order valence-corrected chi connectivity index (χ3v) is 5.28. The molecule has 1 unspecified atom stereocenters. The summed E-state index contributed by atoms with van der Waals surface area (Å²) in [7, 11) is 0. The van der Waals surface area contributed by atoms with Crippen LogP contribution in [0.2, 0.25) is 5.02 Å². The largest absolute Gasteiger partial charge is 0.508 e. The van der Waals surface area contributed by atoms with Gasteiger partial charge in [-0.05, 0) is 56.2 Å². The minimum absolute atomic E-state index is 0. The van der Waals surface area contributed by atoms with Crippen LogP contribution < -0.4 is 20.9 Å². The van der Waals surface area contributed by atoms with Crippen molar-refractivity contribution in [3.63, 3.8) is 0 Å². The molecule has 32 heavy (non-hydrogen) atoms. The van der Waals surface area contributed by atoms with E-state index in [4.69, 9.17) is 11.6 Å². The fourth-order valence-electron chi connectivity index (χ4n) is 3.52. The normalized spacial score (nSPS) is 15.8. The van der Waals surface area contributed by atoms with Crippen LogP contribution in [-0.4, -0.2) is 55.7 Å². The Labute approximate surface area is 211 Å². The molecule has 1 heterocycles. The topological polar surface area (TPSA) is 89.0 Å². The highest BCUT2D eigenvalue weighted by atomic mass is 127. The van der Waals surface area contributed by atoms with Crippen molar-refractivity contribution in [2.24, 2.45) is 4.99 Å². The number of hydrogen-bond acceptors (Lipinski definition) is 4. The molecule has 1 aliphatic heterocycles. The first-order valence-corrected chi connectivity index (χ1v) is 11.1. The van der Waals surface area contributed by atoms with Crippen LogP contribution in [0.5, 0.6) is 5.75 Å². The summed E-state index contributed by atoms with van der Waals surface area (Å²) in [5, 5.41) is 19.9. The first-order chi connectivity index (χ1) is 15.0. The van der Waals surface area contributed by atoms with Crippen LogP contribution in [0, 0.1) is 0 Å². The number of guanidine groups is 1. The number of benzene rings is 2. The van der Waals surface area contributed by atoms with E-state index in [2.05, 4.69) is 31.9 Å². The highest BCUT2D eigenvalue weighted by Gasteiger charge is 2.23. The Morgan fingerprint density at radius 2 is 2.03 bits per heavy atom. The van der Waals surface area contributed by atoms with Crippen LogP contribution in [-0.2, 0) is 0 Å². The summed E-state index contributed by atoms with van der Waals surface area (Å²) < 4.78 is 0. The molecule has 0 spiro atoms. The van der Waals surface area contributed by atoms with Crippen LogP contribution >= 0.6 is 35.6 Å². The molecule has 1 aliphatic rings. The third-order valence-electron chi connectivity index (χ3n) is 5.05. The number of aliphatic imine (C=N–C) groups is 1. The smallest absolute Gasteiger partial charge is 0.251 e. The van der Waals surface area contributed by atoms with Crippen molar-refractivity contribution >= 4 is 53.1 Å². The Morgan fingerprint density at radius 1 is 1.22 bits per heavy atom. The summed E-state index contributed by atoms with van der Waals surface area (Å²) in [6, 6.07) is 14.6. The van der Waals surface area contributed by atoms with Crippen LogP contribution in [0.15, 0.2) is 53.5 Å². The lowest BCUT2D eigenvalue weighted by molar-refractivity contribution is 0.0953. The standard InChI is InChI=1S/C23H30ClN5O2.HI/c1-2-25-23(27-12-5-11-26-22(31)17-6-3-9-21(30)14-17)28-19-10-13-29(16-19)20-8-4-7-18(24)15-20;/h3-4,6-9,14-15,19,30H,2,5,10-13,16H2,1H3,(H,26,31)(H2,25,27,28);1H. The van der Waals surface area contributed by atoms with Crippen molar-refractivity contribution in [1.29, 1.82) is 0 Å². The molecular formula is C23H31ClIN5O2. The Balaban J connectivity index is 0.00000363. The van der Waals surface area contributed by atoms with Crippen LogP contribution in [0.3, 0.4) is 0 Å². The van der Waals surface area contributed by atoms with Gasteiger partial charge in [0.1, 0.15) is 5.75 Å². The molecule has 4 N–H and O–H groups in total. The maximum Gasteiger partial charge on any atom is 0.251 e. The summed E-state index contributed by atoms with van der Waals surface area (Å²) in [4.78, 5) is 19.1. The Morgan fingerprint density at radius 3 is 2.78 bits per heavy atom. The highest BCUT2D eigenvalue weighted by molar-refractivity contribution is 14.0. The molecule has 0 bridgehead atoms. The zero-order chi connectivity index (χ0) is 22.1. The molecule has 9 heteroatoms. The Kier molecular flexibility index (Phi) is 10.9. The number of amides is 1. The fraction of sp³-hybridized carbons (Fsp3) is 0.391. The van der Waals surface area contributed by atoms with Gasteiger partial charge in [0, 0.05) is 55.0 Å². The predicted octanol–water partition coefficient (Wildman–Crippen LogP) is 3.62. The van der Waals surface area contributed by atoms with E-state index in [0.717, 1.165) is 49.1 Å². The molecule has 0 aromatic heterocycles. The van der Waals surface area contributed by atoms with Gasteiger partial charge in [0.15, 0.2) is 5.96 Å². The molecule has 3 rings (SSSR count). The van der Waals surface area contributed by atoms with Gasteiger partial charge in [-0.15, -0.1) is 24.0 Å². The van der Waals surface area contributed by atoms with Gasteiger partial charge in [0.2, 0.25) is 0 Å². The lowest BCUT2D eigenvalue weighted by Gasteiger charge is -2.20. The van der Waals surface area contributed by atoms with E-state index >= 15 is 0 Å². The molecule has 1 amide bonds. The molecule has 1 saturated heterocycles. The quantitative estimate of drug-likeness (QED) is 0.168. The van der Waals surface area contributed by atoms with Crippen molar-refractivity contribution in [3.8, 4) is 5.75 Å². The zero-order valence-corrected chi connectivity index (χ0v) is 21.3. The van der Waals surface area contributed by atoms with Gasteiger partial charge in [-0.25, -0.2) is 0 Å². The van der Waals surface area contributed by atoms with Crippen LogP contribution in [0.1, 0.15) is 30.1 Å².